The van der Waals surface area contributed by atoms with E-state index in [1.807, 2.05) is 45.9 Å². The second kappa shape index (κ2) is 5.23. The van der Waals surface area contributed by atoms with Gasteiger partial charge in [-0.15, -0.1) is 0 Å². The van der Waals surface area contributed by atoms with Gasteiger partial charge in [-0.1, -0.05) is 22.0 Å². The Morgan fingerprint density at radius 2 is 2.00 bits per heavy atom. The van der Waals surface area contributed by atoms with Crippen LogP contribution in [-0.2, 0) is 11.0 Å². The molecule has 0 aromatic heterocycles. The highest BCUT2D eigenvalue weighted by Crippen LogP contribution is 2.16. The molecule has 0 heterocycles. The summed E-state index contributed by atoms with van der Waals surface area (Å²) in [7, 11) is -1.20. The predicted octanol–water partition coefficient (Wildman–Crippen LogP) is 3.64. The van der Waals surface area contributed by atoms with Crippen molar-refractivity contribution in [3.63, 3.8) is 0 Å². The van der Waals surface area contributed by atoms with Gasteiger partial charge < -0.3 is 0 Å². The maximum atomic E-state index is 11.7. The first-order chi connectivity index (χ1) is 7.30. The summed E-state index contributed by atoms with van der Waals surface area (Å²) in [5.74, 6) is 0. The van der Waals surface area contributed by atoms with Crippen molar-refractivity contribution in [3.05, 3.63) is 33.8 Å². The molecule has 2 nitrogen and oxygen atoms in total. The molecule has 0 N–H and O–H groups in total. The molecule has 0 aliphatic carbocycles. The second-order valence-corrected chi connectivity index (χ2v) is 7.45. The minimum atomic E-state index is -1.20. The molecule has 0 aliphatic rings. The monoisotopic (exact) mass is 301 g/mol. The Kier molecular flexibility index (Phi) is 4.44. The molecule has 0 saturated heterocycles. The highest BCUT2D eigenvalue weighted by molar-refractivity contribution is 9.10. The molecule has 0 unspecified atom stereocenters. The van der Waals surface area contributed by atoms with E-state index in [1.165, 1.54) is 0 Å². The topological polar surface area (TPSA) is 29.4 Å². The molecule has 1 rings (SSSR count). The molecule has 0 radical (unpaired) electrons. The van der Waals surface area contributed by atoms with E-state index in [1.54, 1.807) is 6.21 Å². The maximum absolute atomic E-state index is 11.7. The van der Waals surface area contributed by atoms with Gasteiger partial charge in [0.25, 0.3) is 0 Å². The van der Waals surface area contributed by atoms with Gasteiger partial charge in [0.2, 0.25) is 0 Å². The Morgan fingerprint density at radius 3 is 2.56 bits per heavy atom. The number of aryl methyl sites for hydroxylation is 1. The van der Waals surface area contributed by atoms with E-state index in [2.05, 4.69) is 20.3 Å². The minimum absolute atomic E-state index is 0.309. The van der Waals surface area contributed by atoms with Gasteiger partial charge in [0.15, 0.2) is 0 Å². The molecule has 4 heteroatoms. The number of hydrogen-bond acceptors (Lipinski definition) is 1. The largest absolute Gasteiger partial charge is 0.234 e. The average Bonchev–Trinajstić information content (AvgIpc) is 2.17. The van der Waals surface area contributed by atoms with E-state index in [9.17, 15) is 4.21 Å². The third-order valence-corrected chi connectivity index (χ3v) is 3.89. The van der Waals surface area contributed by atoms with Crippen molar-refractivity contribution in [3.8, 4) is 0 Å². The van der Waals surface area contributed by atoms with E-state index < -0.39 is 11.0 Å². The van der Waals surface area contributed by atoms with Gasteiger partial charge in [0, 0.05) is 10.7 Å². The lowest BCUT2D eigenvalue weighted by Crippen LogP contribution is -2.19. The fourth-order valence-corrected chi connectivity index (χ4v) is 1.92. The van der Waals surface area contributed by atoms with Crippen molar-refractivity contribution < 1.29 is 4.21 Å². The summed E-state index contributed by atoms with van der Waals surface area (Å²) >= 11 is 3.41. The van der Waals surface area contributed by atoms with Crippen LogP contribution < -0.4 is 0 Å². The van der Waals surface area contributed by atoms with Crippen LogP contribution in [0.2, 0.25) is 0 Å². The lowest BCUT2D eigenvalue weighted by Gasteiger charge is -2.12. The van der Waals surface area contributed by atoms with Crippen LogP contribution in [0.25, 0.3) is 0 Å². The van der Waals surface area contributed by atoms with Crippen molar-refractivity contribution in [2.24, 2.45) is 4.40 Å². The van der Waals surface area contributed by atoms with E-state index in [0.29, 0.717) is 0 Å². The second-order valence-electron chi connectivity index (χ2n) is 4.60. The number of rotatable bonds is 2. The summed E-state index contributed by atoms with van der Waals surface area (Å²) in [5, 5.41) is 0. The predicted molar refractivity (Wildman–Crippen MR) is 74.4 cm³/mol. The summed E-state index contributed by atoms with van der Waals surface area (Å²) < 4.78 is 16.5. The summed E-state index contributed by atoms with van der Waals surface area (Å²) in [5.41, 5.74) is 2.12. The van der Waals surface area contributed by atoms with E-state index in [-0.39, 0.29) is 4.75 Å². The third-order valence-electron chi connectivity index (χ3n) is 2.05. The maximum Gasteiger partial charge on any atom is 0.144 e. The van der Waals surface area contributed by atoms with Gasteiger partial charge in [0.05, 0.1) is 4.75 Å². The molecule has 1 atom stereocenters. The summed E-state index contributed by atoms with van der Waals surface area (Å²) in [6, 6.07) is 5.96. The van der Waals surface area contributed by atoms with E-state index in [4.69, 9.17) is 0 Å². The van der Waals surface area contributed by atoms with Gasteiger partial charge in [-0.3, -0.25) is 0 Å². The zero-order valence-corrected chi connectivity index (χ0v) is 12.4. The lowest BCUT2D eigenvalue weighted by molar-refractivity contribution is 0.651. The summed E-state index contributed by atoms with van der Waals surface area (Å²) in [6.45, 7) is 7.74. The van der Waals surface area contributed by atoms with Crippen LogP contribution in [0.4, 0.5) is 0 Å². The van der Waals surface area contributed by atoms with Crippen LogP contribution in [0.1, 0.15) is 31.9 Å². The Balaban J connectivity index is 2.93. The molecule has 88 valence electrons. The average molecular weight is 302 g/mol. The molecule has 16 heavy (non-hydrogen) atoms. The molecule has 1 aromatic carbocycles. The number of benzene rings is 1. The zero-order chi connectivity index (χ0) is 12.3. The smallest absolute Gasteiger partial charge is 0.144 e. The molecule has 0 fully saturated rings. The molecule has 0 aliphatic heterocycles. The molecule has 0 bridgehead atoms. The molecule has 0 spiro atoms. The first kappa shape index (κ1) is 13.6. The van der Waals surface area contributed by atoms with Crippen LogP contribution in [0.15, 0.2) is 27.1 Å². The van der Waals surface area contributed by atoms with Crippen molar-refractivity contribution in [2.45, 2.75) is 32.4 Å². The highest BCUT2D eigenvalue weighted by Gasteiger charge is 2.18. The van der Waals surface area contributed by atoms with Gasteiger partial charge >= 0.3 is 0 Å². The summed E-state index contributed by atoms with van der Waals surface area (Å²) in [6.07, 6.45) is 1.68. The SMILES string of the molecule is Cc1ccc(Br)cc1C=N[S@@](=O)C(C)(C)C. The van der Waals surface area contributed by atoms with Crippen molar-refractivity contribution in [1.29, 1.82) is 0 Å². The van der Waals surface area contributed by atoms with Crippen molar-refractivity contribution >= 4 is 33.1 Å². The first-order valence-corrected chi connectivity index (χ1v) is 6.93. The van der Waals surface area contributed by atoms with Crippen molar-refractivity contribution in [1.82, 2.24) is 0 Å². The minimum Gasteiger partial charge on any atom is -0.234 e. The fourth-order valence-electron chi connectivity index (χ4n) is 1.01. The first-order valence-electron chi connectivity index (χ1n) is 5.03. The number of nitrogens with zero attached hydrogens (tertiary/aromatic N) is 1. The van der Waals surface area contributed by atoms with Crippen LogP contribution in [0.5, 0.6) is 0 Å². The van der Waals surface area contributed by atoms with Crippen molar-refractivity contribution in [2.75, 3.05) is 0 Å². The van der Waals surface area contributed by atoms with Gasteiger partial charge in [-0.25, -0.2) is 4.21 Å². The quantitative estimate of drug-likeness (QED) is 0.767. The number of hydrogen-bond donors (Lipinski definition) is 0. The van der Waals surface area contributed by atoms with Crippen LogP contribution in [0.3, 0.4) is 0 Å². The Labute approximate surface area is 108 Å². The molecular formula is C12H16BrNOS. The van der Waals surface area contributed by atoms with Crippen LogP contribution in [0, 0.1) is 6.92 Å². The van der Waals surface area contributed by atoms with E-state index in [0.717, 1.165) is 15.6 Å². The summed E-state index contributed by atoms with van der Waals surface area (Å²) in [4.78, 5) is 0. The standard InChI is InChI=1S/C12H16BrNOS/c1-9-5-6-11(13)7-10(9)8-14-16(15)12(2,3)4/h5-8H,1-4H3/t16-/m0/s1. The van der Waals surface area contributed by atoms with Gasteiger partial charge in [-0.05, 0) is 51.0 Å². The van der Waals surface area contributed by atoms with Crippen LogP contribution >= 0.6 is 15.9 Å². The fraction of sp³-hybridized carbons (Fsp3) is 0.417. The Bertz CT molecular complexity index is 435. The van der Waals surface area contributed by atoms with Crippen LogP contribution in [-0.4, -0.2) is 15.2 Å². The van der Waals surface area contributed by atoms with Gasteiger partial charge in [-0.2, -0.15) is 4.40 Å². The lowest BCUT2D eigenvalue weighted by atomic mass is 10.1. The van der Waals surface area contributed by atoms with E-state index >= 15 is 0 Å². The Morgan fingerprint density at radius 1 is 1.38 bits per heavy atom. The Hall–Kier alpha value is -0.480. The van der Waals surface area contributed by atoms with Gasteiger partial charge in [0.1, 0.15) is 11.0 Å². The molecular weight excluding hydrogens is 286 g/mol. The molecule has 1 aromatic rings. The third kappa shape index (κ3) is 3.83. The molecule has 0 saturated carbocycles. The molecule has 0 amide bonds. The zero-order valence-electron chi connectivity index (χ0n) is 9.95. The number of halogens is 1. The normalized spacial score (nSPS) is 14.3. The highest BCUT2D eigenvalue weighted by atomic mass is 79.9.